The Kier molecular flexibility index (Phi) is 4.24. The molecule has 5 atom stereocenters. The molecule has 2 N–H and O–H groups in total. The van der Waals surface area contributed by atoms with Crippen LogP contribution >= 0.6 is 0 Å². The number of rotatable bonds is 3. The van der Waals surface area contributed by atoms with Gasteiger partial charge in [0.05, 0.1) is 17.1 Å². The highest BCUT2D eigenvalue weighted by atomic mass is 32.2. The molecule has 0 radical (unpaired) electrons. The van der Waals surface area contributed by atoms with Crippen LogP contribution < -0.4 is 5.73 Å². The van der Waals surface area contributed by atoms with Crippen LogP contribution in [0.4, 0.5) is 0 Å². The van der Waals surface area contributed by atoms with Gasteiger partial charge in [-0.1, -0.05) is 31.2 Å². The van der Waals surface area contributed by atoms with Crippen molar-refractivity contribution in [3.63, 3.8) is 0 Å². The zero-order valence-corrected chi connectivity index (χ0v) is 12.8. The highest BCUT2D eigenvalue weighted by Gasteiger charge is 2.35. The lowest BCUT2D eigenvalue weighted by Gasteiger charge is -2.34. The maximum absolute atomic E-state index is 12.7. The molecule has 1 saturated heterocycles. The predicted molar refractivity (Wildman–Crippen MR) is 82.2 cm³/mol. The van der Waals surface area contributed by atoms with Crippen molar-refractivity contribution in [2.45, 2.75) is 49.5 Å². The third kappa shape index (κ3) is 2.69. The fourth-order valence-electron chi connectivity index (χ4n) is 3.44. The highest BCUT2D eigenvalue weighted by Crippen LogP contribution is 2.38. The van der Waals surface area contributed by atoms with Crippen molar-refractivity contribution in [3.05, 3.63) is 35.4 Å². The summed E-state index contributed by atoms with van der Waals surface area (Å²) in [6.45, 7) is 3.03. The second-order valence-corrected chi connectivity index (χ2v) is 7.71. The fraction of sp³-hybridized carbons (Fsp3) is 0.625. The molecule has 0 spiro atoms. The maximum atomic E-state index is 12.7. The summed E-state index contributed by atoms with van der Waals surface area (Å²) >= 11 is 0. The minimum absolute atomic E-state index is 0.0594. The van der Waals surface area contributed by atoms with Crippen molar-refractivity contribution in [1.82, 2.24) is 0 Å². The molecule has 1 aliphatic carbocycles. The van der Waals surface area contributed by atoms with E-state index in [0.29, 0.717) is 11.7 Å². The Hall–Kier alpha value is -0.710. The fourth-order valence-corrected chi connectivity index (χ4v) is 5.29. The Labute approximate surface area is 123 Å². The van der Waals surface area contributed by atoms with Crippen LogP contribution in [0.2, 0.25) is 0 Å². The van der Waals surface area contributed by atoms with Gasteiger partial charge in [-0.2, -0.15) is 0 Å². The average molecular weight is 293 g/mol. The van der Waals surface area contributed by atoms with E-state index in [-0.39, 0.29) is 17.4 Å². The van der Waals surface area contributed by atoms with E-state index in [1.54, 1.807) is 0 Å². The first kappa shape index (κ1) is 14.2. The molecule has 0 saturated carbocycles. The first-order chi connectivity index (χ1) is 9.66. The average Bonchev–Trinajstić information content (AvgIpc) is 2.95. The number of hydrogen-bond donors (Lipinski definition) is 1. The standard InChI is InChI=1S/C16H23NO2S/c1-11-9-15(20(18)10-12-5-4-8-19-12)16(17)14-7-3-2-6-13(11)14/h2-3,6-7,11-12,15-16H,4-5,8-10,17H2,1H3. The molecule has 1 fully saturated rings. The van der Waals surface area contributed by atoms with Crippen molar-refractivity contribution in [2.75, 3.05) is 12.4 Å². The van der Waals surface area contributed by atoms with Crippen molar-refractivity contribution in [2.24, 2.45) is 5.73 Å². The van der Waals surface area contributed by atoms with Gasteiger partial charge in [-0.3, -0.25) is 4.21 Å². The van der Waals surface area contributed by atoms with Crippen LogP contribution in [-0.4, -0.2) is 27.9 Å². The van der Waals surface area contributed by atoms with Crippen LogP contribution in [-0.2, 0) is 15.5 Å². The van der Waals surface area contributed by atoms with E-state index in [1.165, 1.54) is 11.1 Å². The molecular formula is C16H23NO2S. The number of benzene rings is 1. The van der Waals surface area contributed by atoms with Crippen LogP contribution in [0.5, 0.6) is 0 Å². The van der Waals surface area contributed by atoms with Crippen LogP contribution in [0.15, 0.2) is 24.3 Å². The van der Waals surface area contributed by atoms with Gasteiger partial charge < -0.3 is 10.5 Å². The minimum atomic E-state index is -0.904. The Morgan fingerprint density at radius 3 is 2.80 bits per heavy atom. The molecule has 1 aromatic rings. The zero-order chi connectivity index (χ0) is 14.1. The molecule has 3 rings (SSSR count). The van der Waals surface area contributed by atoms with Crippen LogP contribution in [0, 0.1) is 0 Å². The number of hydrogen-bond acceptors (Lipinski definition) is 3. The molecule has 1 aliphatic heterocycles. The third-order valence-electron chi connectivity index (χ3n) is 4.58. The smallest absolute Gasteiger partial charge is 0.0691 e. The topological polar surface area (TPSA) is 52.3 Å². The summed E-state index contributed by atoms with van der Waals surface area (Å²) in [5.74, 6) is 1.08. The number of fused-ring (bicyclic) bond motifs is 1. The van der Waals surface area contributed by atoms with Crippen LogP contribution in [0.3, 0.4) is 0 Å². The summed E-state index contributed by atoms with van der Waals surface area (Å²) in [4.78, 5) is 0. The monoisotopic (exact) mass is 293 g/mol. The van der Waals surface area contributed by atoms with Gasteiger partial charge in [0.25, 0.3) is 0 Å². The first-order valence-electron chi connectivity index (χ1n) is 7.50. The van der Waals surface area contributed by atoms with E-state index in [1.807, 2.05) is 6.07 Å². The van der Waals surface area contributed by atoms with Gasteiger partial charge in [0, 0.05) is 23.4 Å². The van der Waals surface area contributed by atoms with E-state index in [4.69, 9.17) is 10.5 Å². The Bertz CT molecular complexity index is 499. The van der Waals surface area contributed by atoms with Gasteiger partial charge in [-0.05, 0) is 36.3 Å². The van der Waals surface area contributed by atoms with E-state index in [0.717, 1.165) is 25.9 Å². The summed E-state index contributed by atoms with van der Waals surface area (Å²) in [7, 11) is -0.904. The SMILES string of the molecule is CC1CC(S(=O)CC2CCCO2)C(N)c2ccccc21. The second kappa shape index (κ2) is 5.96. The number of ether oxygens (including phenoxy) is 1. The van der Waals surface area contributed by atoms with Gasteiger partial charge in [0.2, 0.25) is 0 Å². The summed E-state index contributed by atoms with van der Waals surface area (Å²) in [5.41, 5.74) is 8.90. The van der Waals surface area contributed by atoms with Gasteiger partial charge in [0.1, 0.15) is 0 Å². The van der Waals surface area contributed by atoms with Gasteiger partial charge >= 0.3 is 0 Å². The van der Waals surface area contributed by atoms with Crippen molar-refractivity contribution in [1.29, 1.82) is 0 Å². The molecule has 0 aromatic heterocycles. The zero-order valence-electron chi connectivity index (χ0n) is 12.0. The minimum Gasteiger partial charge on any atom is -0.377 e. The Morgan fingerprint density at radius 2 is 2.10 bits per heavy atom. The van der Waals surface area contributed by atoms with Crippen LogP contribution in [0.25, 0.3) is 0 Å². The quantitative estimate of drug-likeness (QED) is 0.931. The second-order valence-electron chi connectivity index (χ2n) is 6.01. The molecule has 0 bridgehead atoms. The van der Waals surface area contributed by atoms with Crippen molar-refractivity contribution < 1.29 is 8.95 Å². The summed E-state index contributed by atoms with van der Waals surface area (Å²) in [6, 6.07) is 8.22. The molecule has 0 amide bonds. The number of nitrogens with two attached hydrogens (primary N) is 1. The van der Waals surface area contributed by atoms with E-state index in [2.05, 4.69) is 25.1 Å². The van der Waals surface area contributed by atoms with Gasteiger partial charge in [-0.25, -0.2) is 0 Å². The molecule has 4 heteroatoms. The van der Waals surface area contributed by atoms with Gasteiger partial charge in [-0.15, -0.1) is 0 Å². The van der Waals surface area contributed by atoms with Crippen molar-refractivity contribution >= 4 is 10.8 Å². The van der Waals surface area contributed by atoms with Gasteiger partial charge in [0.15, 0.2) is 0 Å². The lowest BCUT2D eigenvalue weighted by atomic mass is 9.81. The predicted octanol–water partition coefficient (Wildman–Crippen LogP) is 2.49. The normalized spacial score (nSPS) is 34.7. The summed E-state index contributed by atoms with van der Waals surface area (Å²) in [5, 5.41) is 0.0594. The Balaban J connectivity index is 1.76. The molecule has 5 unspecified atom stereocenters. The maximum Gasteiger partial charge on any atom is 0.0691 e. The molecule has 2 aliphatic rings. The lowest BCUT2D eigenvalue weighted by Crippen LogP contribution is -2.38. The molecule has 20 heavy (non-hydrogen) atoms. The Morgan fingerprint density at radius 1 is 1.35 bits per heavy atom. The largest absolute Gasteiger partial charge is 0.377 e. The molecule has 3 nitrogen and oxygen atoms in total. The van der Waals surface area contributed by atoms with E-state index in [9.17, 15) is 4.21 Å². The lowest BCUT2D eigenvalue weighted by molar-refractivity contribution is 0.128. The molecular weight excluding hydrogens is 270 g/mol. The molecule has 1 aromatic carbocycles. The first-order valence-corrected chi connectivity index (χ1v) is 8.88. The van der Waals surface area contributed by atoms with E-state index < -0.39 is 10.8 Å². The molecule has 1 heterocycles. The highest BCUT2D eigenvalue weighted by molar-refractivity contribution is 7.85. The van der Waals surface area contributed by atoms with Crippen LogP contribution in [0.1, 0.15) is 49.3 Å². The summed E-state index contributed by atoms with van der Waals surface area (Å²) < 4.78 is 18.3. The third-order valence-corrected chi connectivity index (χ3v) is 6.45. The summed E-state index contributed by atoms with van der Waals surface area (Å²) in [6.07, 6.45) is 3.23. The molecule has 110 valence electrons. The van der Waals surface area contributed by atoms with Crippen molar-refractivity contribution in [3.8, 4) is 0 Å². The van der Waals surface area contributed by atoms with E-state index >= 15 is 0 Å².